The maximum absolute atomic E-state index is 12.9. The van der Waals surface area contributed by atoms with Crippen LogP contribution in [0.4, 0.5) is 4.79 Å². The van der Waals surface area contributed by atoms with Crippen LogP contribution < -0.4 is 15.4 Å². The number of likely N-dealkylation sites (N-methyl/N-ethyl adjacent to an activating group) is 1. The first-order valence-corrected chi connectivity index (χ1v) is 9.55. The van der Waals surface area contributed by atoms with Crippen molar-refractivity contribution in [3.05, 3.63) is 29.3 Å². The number of rotatable bonds is 9. The van der Waals surface area contributed by atoms with Gasteiger partial charge < -0.3 is 20.3 Å². The van der Waals surface area contributed by atoms with Crippen molar-refractivity contribution in [2.75, 3.05) is 39.8 Å². The summed E-state index contributed by atoms with van der Waals surface area (Å²) in [6.07, 6.45) is 0. The van der Waals surface area contributed by atoms with Gasteiger partial charge in [-0.1, -0.05) is 19.9 Å². The summed E-state index contributed by atoms with van der Waals surface area (Å²) in [6.45, 7) is 10.3. The fraction of sp³-hybridized carbons (Fsp3) is 0.550. The summed E-state index contributed by atoms with van der Waals surface area (Å²) in [7, 11) is 1.58. The van der Waals surface area contributed by atoms with E-state index in [1.807, 2.05) is 13.0 Å². The topological polar surface area (TPSA) is 91.0 Å². The van der Waals surface area contributed by atoms with Crippen LogP contribution in [0.2, 0.25) is 0 Å². The summed E-state index contributed by atoms with van der Waals surface area (Å²) in [5, 5.41) is 5.49. The van der Waals surface area contributed by atoms with Gasteiger partial charge in [-0.3, -0.25) is 14.5 Å². The van der Waals surface area contributed by atoms with Crippen LogP contribution in [0.25, 0.3) is 0 Å². The lowest BCUT2D eigenvalue weighted by Gasteiger charge is -2.23. The van der Waals surface area contributed by atoms with Gasteiger partial charge in [0.2, 0.25) is 5.91 Å². The first-order valence-electron chi connectivity index (χ1n) is 9.55. The summed E-state index contributed by atoms with van der Waals surface area (Å²) in [5.74, 6) is -0.0969. The van der Waals surface area contributed by atoms with E-state index in [9.17, 15) is 14.4 Å². The Balaban J connectivity index is 2.04. The summed E-state index contributed by atoms with van der Waals surface area (Å²) >= 11 is 0. The molecule has 1 saturated heterocycles. The number of nitrogens with zero attached hydrogens (tertiary/aromatic N) is 2. The second kappa shape index (κ2) is 9.05. The Morgan fingerprint density at radius 3 is 2.54 bits per heavy atom. The summed E-state index contributed by atoms with van der Waals surface area (Å²) in [6, 6.07) is 4.75. The minimum Gasteiger partial charge on any atom is -0.496 e. The number of carbonyl (C=O) groups excluding carboxylic acids is 3. The van der Waals surface area contributed by atoms with Crippen LogP contribution in [-0.2, 0) is 15.1 Å². The number of urea groups is 1. The van der Waals surface area contributed by atoms with E-state index < -0.39 is 17.5 Å². The highest BCUT2D eigenvalue weighted by atomic mass is 16.5. The zero-order valence-electron chi connectivity index (χ0n) is 17.3. The number of benzene rings is 1. The maximum Gasteiger partial charge on any atom is 0.325 e. The van der Waals surface area contributed by atoms with Gasteiger partial charge in [0.25, 0.3) is 5.91 Å². The van der Waals surface area contributed by atoms with Gasteiger partial charge in [-0.05, 0) is 50.2 Å². The molecule has 28 heavy (non-hydrogen) atoms. The van der Waals surface area contributed by atoms with Gasteiger partial charge in [0.15, 0.2) is 0 Å². The van der Waals surface area contributed by atoms with Crippen LogP contribution in [0, 0.1) is 6.92 Å². The van der Waals surface area contributed by atoms with E-state index in [0.717, 1.165) is 30.1 Å². The van der Waals surface area contributed by atoms with Gasteiger partial charge in [-0.15, -0.1) is 0 Å². The zero-order valence-corrected chi connectivity index (χ0v) is 17.3. The fourth-order valence-corrected chi connectivity index (χ4v) is 3.32. The van der Waals surface area contributed by atoms with Gasteiger partial charge >= 0.3 is 6.03 Å². The molecule has 0 bridgehead atoms. The number of aryl methyl sites for hydroxylation is 1. The summed E-state index contributed by atoms with van der Waals surface area (Å²) in [5.41, 5.74) is 0.291. The number of hydrogen-bond acceptors (Lipinski definition) is 5. The van der Waals surface area contributed by atoms with E-state index in [0.29, 0.717) is 17.9 Å². The number of nitrogens with one attached hydrogen (secondary N) is 2. The van der Waals surface area contributed by atoms with Gasteiger partial charge in [-0.25, -0.2) is 4.79 Å². The van der Waals surface area contributed by atoms with E-state index in [4.69, 9.17) is 4.74 Å². The molecule has 1 heterocycles. The van der Waals surface area contributed by atoms with E-state index >= 15 is 0 Å². The maximum atomic E-state index is 12.9. The Morgan fingerprint density at radius 1 is 1.29 bits per heavy atom. The molecule has 0 aliphatic carbocycles. The third kappa shape index (κ3) is 4.44. The number of amides is 4. The third-order valence-electron chi connectivity index (χ3n) is 5.19. The lowest BCUT2D eigenvalue weighted by atomic mass is 9.90. The molecule has 1 aliphatic rings. The molecule has 1 unspecified atom stereocenters. The first-order chi connectivity index (χ1) is 13.3. The van der Waals surface area contributed by atoms with Crippen molar-refractivity contribution >= 4 is 17.8 Å². The van der Waals surface area contributed by atoms with Crippen LogP contribution in [-0.4, -0.2) is 67.5 Å². The van der Waals surface area contributed by atoms with Gasteiger partial charge in [0.1, 0.15) is 17.8 Å². The van der Waals surface area contributed by atoms with Crippen molar-refractivity contribution in [2.45, 2.75) is 33.2 Å². The Kier molecular flexibility index (Phi) is 7.01. The lowest BCUT2D eigenvalue weighted by Crippen LogP contribution is -2.44. The van der Waals surface area contributed by atoms with Crippen molar-refractivity contribution in [3.8, 4) is 5.75 Å². The Hall–Kier alpha value is -2.61. The Bertz CT molecular complexity index is 748. The van der Waals surface area contributed by atoms with Crippen molar-refractivity contribution in [1.82, 2.24) is 20.4 Å². The van der Waals surface area contributed by atoms with Crippen LogP contribution in [0.5, 0.6) is 5.75 Å². The largest absolute Gasteiger partial charge is 0.496 e. The van der Waals surface area contributed by atoms with Crippen molar-refractivity contribution in [3.63, 3.8) is 0 Å². The van der Waals surface area contributed by atoms with E-state index in [1.165, 1.54) is 0 Å². The summed E-state index contributed by atoms with van der Waals surface area (Å²) in [4.78, 5) is 40.7. The van der Waals surface area contributed by atoms with Gasteiger partial charge in [0.05, 0.1) is 7.11 Å². The SMILES string of the molecule is CCN(CC)CCNC(=O)CN1C(=O)NC(C)(c2ccc(OC)c(C)c2)C1=O. The molecule has 1 aromatic carbocycles. The smallest absolute Gasteiger partial charge is 0.325 e. The molecule has 0 aromatic heterocycles. The van der Waals surface area contributed by atoms with Gasteiger partial charge in [-0.2, -0.15) is 0 Å². The third-order valence-corrected chi connectivity index (χ3v) is 5.19. The van der Waals surface area contributed by atoms with Crippen LogP contribution in [0.15, 0.2) is 18.2 Å². The molecule has 0 spiro atoms. The molecule has 0 radical (unpaired) electrons. The van der Waals surface area contributed by atoms with Gasteiger partial charge in [0, 0.05) is 13.1 Å². The molecule has 8 heteroatoms. The number of methoxy groups -OCH3 is 1. The van der Waals surface area contributed by atoms with Crippen LogP contribution in [0.3, 0.4) is 0 Å². The number of hydrogen-bond donors (Lipinski definition) is 2. The number of imide groups is 1. The number of carbonyl (C=O) groups is 3. The quantitative estimate of drug-likeness (QED) is 0.619. The highest BCUT2D eigenvalue weighted by Crippen LogP contribution is 2.31. The van der Waals surface area contributed by atoms with Crippen molar-refractivity contribution in [2.24, 2.45) is 0 Å². The molecular weight excluding hydrogens is 360 g/mol. The highest BCUT2D eigenvalue weighted by Gasteiger charge is 2.49. The normalized spacial score (nSPS) is 19.1. The molecule has 154 valence electrons. The molecule has 1 fully saturated rings. The second-order valence-electron chi connectivity index (χ2n) is 7.01. The fourth-order valence-electron chi connectivity index (χ4n) is 3.32. The van der Waals surface area contributed by atoms with Crippen molar-refractivity contribution < 1.29 is 19.1 Å². The molecule has 1 aromatic rings. The highest BCUT2D eigenvalue weighted by molar-refractivity contribution is 6.09. The van der Waals surface area contributed by atoms with Crippen LogP contribution in [0.1, 0.15) is 31.9 Å². The average molecular weight is 390 g/mol. The molecule has 0 saturated carbocycles. The Morgan fingerprint density at radius 2 is 1.96 bits per heavy atom. The molecule has 2 N–H and O–H groups in total. The minimum absolute atomic E-state index is 0.298. The van der Waals surface area contributed by atoms with E-state index in [-0.39, 0.29) is 12.5 Å². The van der Waals surface area contributed by atoms with Crippen molar-refractivity contribution in [1.29, 1.82) is 0 Å². The minimum atomic E-state index is -1.21. The standard InChI is InChI=1S/C20H30N4O4/c1-6-23(7-2)11-10-21-17(25)13-24-18(26)20(4,22-19(24)27)15-8-9-16(28-5)14(3)12-15/h8-9,12H,6-7,10-11,13H2,1-5H3,(H,21,25)(H,22,27). The van der Waals surface area contributed by atoms with E-state index in [2.05, 4.69) is 29.4 Å². The molecule has 2 rings (SSSR count). The molecule has 1 aliphatic heterocycles. The lowest BCUT2D eigenvalue weighted by molar-refractivity contribution is -0.134. The van der Waals surface area contributed by atoms with Crippen LogP contribution >= 0.6 is 0 Å². The molecule has 4 amide bonds. The molecule has 1 atom stereocenters. The zero-order chi connectivity index (χ0) is 20.9. The predicted molar refractivity (Wildman–Crippen MR) is 106 cm³/mol. The molecular formula is C20H30N4O4. The summed E-state index contributed by atoms with van der Waals surface area (Å²) < 4.78 is 5.25. The second-order valence-corrected chi connectivity index (χ2v) is 7.01. The number of ether oxygens (including phenoxy) is 1. The molecule has 8 nitrogen and oxygen atoms in total. The first kappa shape index (κ1) is 21.7. The Labute approximate surface area is 166 Å². The monoisotopic (exact) mass is 390 g/mol. The van der Waals surface area contributed by atoms with E-state index in [1.54, 1.807) is 26.2 Å². The predicted octanol–water partition coefficient (Wildman–Crippen LogP) is 1.23. The average Bonchev–Trinajstić information content (AvgIpc) is 2.89.